The van der Waals surface area contributed by atoms with Crippen LogP contribution in [0.2, 0.25) is 0 Å². The molecule has 0 aromatic carbocycles. The molecule has 0 aromatic rings. The van der Waals surface area contributed by atoms with Crippen LogP contribution < -0.4 is 5.32 Å². The largest absolute Gasteiger partial charge is 0.390 e. The number of hydrogen-bond acceptors (Lipinski definition) is 1. The van der Waals surface area contributed by atoms with Crippen LogP contribution >= 0.6 is 0 Å². The average molecular weight is 183 g/mol. The van der Waals surface area contributed by atoms with Crippen molar-refractivity contribution in [3.05, 3.63) is 0 Å². The topological polar surface area (TPSA) is 12.0 Å². The van der Waals surface area contributed by atoms with Gasteiger partial charge in [0.1, 0.15) is 0 Å². The summed E-state index contributed by atoms with van der Waals surface area (Å²) in [6.07, 6.45) is -4.89. The average Bonchev–Trinajstić information content (AvgIpc) is 1.48. The summed E-state index contributed by atoms with van der Waals surface area (Å²) in [5, 5.41) is 2.86. The highest BCUT2D eigenvalue weighted by atomic mass is 19.4. The first-order valence-corrected chi connectivity index (χ1v) is 3.97. The number of alkyl halides is 3. The van der Waals surface area contributed by atoms with E-state index in [1.807, 2.05) is 13.8 Å². The molecule has 0 spiro atoms. The fourth-order valence-electron chi connectivity index (χ4n) is 1.33. The van der Waals surface area contributed by atoms with Gasteiger partial charge in [0.2, 0.25) is 0 Å². The summed E-state index contributed by atoms with van der Waals surface area (Å²) in [5.74, 6) is 0. The van der Waals surface area contributed by atoms with Gasteiger partial charge in [0, 0.05) is 11.6 Å². The molecular formula is C8H16F3N. The molecule has 0 aliphatic carbocycles. The first kappa shape index (κ1) is 11.8. The highest BCUT2D eigenvalue weighted by Crippen LogP contribution is 2.27. The van der Waals surface area contributed by atoms with Crippen molar-refractivity contribution in [1.29, 1.82) is 0 Å². The quantitative estimate of drug-likeness (QED) is 0.709. The molecule has 0 heterocycles. The van der Waals surface area contributed by atoms with Crippen molar-refractivity contribution in [1.82, 2.24) is 5.32 Å². The Morgan fingerprint density at radius 3 is 1.83 bits per heavy atom. The molecule has 0 aliphatic heterocycles. The van der Waals surface area contributed by atoms with Crippen LogP contribution in [0.1, 0.15) is 34.1 Å². The maximum atomic E-state index is 12.0. The molecule has 0 saturated carbocycles. The zero-order chi connectivity index (χ0) is 9.99. The van der Waals surface area contributed by atoms with Gasteiger partial charge in [0.25, 0.3) is 0 Å². The first-order chi connectivity index (χ1) is 5.12. The summed E-state index contributed by atoms with van der Waals surface area (Å²) in [5.41, 5.74) is -0.869. The molecule has 0 rings (SSSR count). The summed E-state index contributed by atoms with van der Waals surface area (Å²) in [7, 11) is 0. The Morgan fingerprint density at radius 1 is 1.17 bits per heavy atom. The van der Waals surface area contributed by atoms with Crippen LogP contribution in [0.5, 0.6) is 0 Å². The van der Waals surface area contributed by atoms with Crippen LogP contribution in [0.3, 0.4) is 0 Å². The third-order valence-corrected chi connectivity index (χ3v) is 1.32. The van der Waals surface area contributed by atoms with Gasteiger partial charge in [-0.3, -0.25) is 0 Å². The van der Waals surface area contributed by atoms with E-state index in [0.29, 0.717) is 0 Å². The lowest BCUT2D eigenvalue weighted by atomic mass is 9.99. The lowest BCUT2D eigenvalue weighted by Gasteiger charge is -2.29. The van der Waals surface area contributed by atoms with E-state index in [2.05, 4.69) is 5.32 Å². The molecule has 0 saturated heterocycles. The van der Waals surface area contributed by atoms with Crippen LogP contribution in [0, 0.1) is 0 Å². The normalized spacial score (nSPS) is 14.0. The van der Waals surface area contributed by atoms with Gasteiger partial charge in [-0.1, -0.05) is 13.8 Å². The molecule has 0 aromatic heterocycles. The summed E-state index contributed by atoms with van der Waals surface area (Å²) in [6, 6.07) is 0.0716. The Hall–Kier alpha value is -0.250. The Morgan fingerprint density at radius 2 is 1.58 bits per heavy atom. The highest BCUT2D eigenvalue weighted by molar-refractivity contribution is 4.81. The van der Waals surface area contributed by atoms with Crippen molar-refractivity contribution in [2.75, 3.05) is 0 Å². The van der Waals surface area contributed by atoms with Gasteiger partial charge < -0.3 is 5.32 Å². The van der Waals surface area contributed by atoms with Gasteiger partial charge >= 0.3 is 6.18 Å². The van der Waals surface area contributed by atoms with Crippen molar-refractivity contribution in [3.8, 4) is 0 Å². The monoisotopic (exact) mass is 183 g/mol. The van der Waals surface area contributed by atoms with Crippen molar-refractivity contribution in [2.24, 2.45) is 0 Å². The van der Waals surface area contributed by atoms with E-state index in [-0.39, 0.29) is 6.04 Å². The van der Waals surface area contributed by atoms with E-state index in [1.165, 1.54) is 0 Å². The Balaban J connectivity index is 4.04. The molecule has 1 nitrogen and oxygen atoms in total. The molecule has 74 valence electrons. The molecule has 0 aliphatic rings. The standard InChI is InChI=1S/C8H16F3N/c1-6(2)12-7(3,4)5-8(9,10)11/h6,12H,5H2,1-4H3. The summed E-state index contributed by atoms with van der Waals surface area (Å²) in [4.78, 5) is 0. The highest BCUT2D eigenvalue weighted by Gasteiger charge is 2.36. The molecule has 0 fully saturated rings. The molecule has 4 heteroatoms. The zero-order valence-electron chi connectivity index (χ0n) is 7.92. The lowest BCUT2D eigenvalue weighted by molar-refractivity contribution is -0.147. The van der Waals surface area contributed by atoms with E-state index in [1.54, 1.807) is 13.8 Å². The van der Waals surface area contributed by atoms with Gasteiger partial charge in [0.05, 0.1) is 6.42 Å². The minimum atomic E-state index is -4.09. The van der Waals surface area contributed by atoms with Crippen LogP contribution in [-0.4, -0.2) is 17.8 Å². The van der Waals surface area contributed by atoms with E-state index in [9.17, 15) is 13.2 Å². The van der Waals surface area contributed by atoms with Crippen LogP contribution in [0.25, 0.3) is 0 Å². The predicted molar refractivity (Wildman–Crippen MR) is 43.0 cm³/mol. The second-order valence-electron chi connectivity index (χ2n) is 3.97. The van der Waals surface area contributed by atoms with E-state index in [4.69, 9.17) is 0 Å². The minimum Gasteiger partial charge on any atom is -0.309 e. The second kappa shape index (κ2) is 3.64. The van der Waals surface area contributed by atoms with Gasteiger partial charge in [-0.15, -0.1) is 0 Å². The summed E-state index contributed by atoms with van der Waals surface area (Å²) < 4.78 is 35.9. The fourth-order valence-corrected chi connectivity index (χ4v) is 1.33. The van der Waals surface area contributed by atoms with Gasteiger partial charge in [0.15, 0.2) is 0 Å². The van der Waals surface area contributed by atoms with Gasteiger partial charge in [-0.25, -0.2) is 0 Å². The number of hydrogen-bond donors (Lipinski definition) is 1. The molecule has 0 unspecified atom stereocenters. The molecule has 0 amide bonds. The number of halogens is 3. The molecule has 1 N–H and O–H groups in total. The molecule has 0 radical (unpaired) electrons. The number of rotatable bonds is 3. The third kappa shape index (κ3) is 6.46. The maximum absolute atomic E-state index is 12.0. The van der Waals surface area contributed by atoms with Gasteiger partial charge in [-0.05, 0) is 13.8 Å². The van der Waals surface area contributed by atoms with Crippen LogP contribution in [-0.2, 0) is 0 Å². The summed E-state index contributed by atoms with van der Waals surface area (Å²) >= 11 is 0. The van der Waals surface area contributed by atoms with Crippen LogP contribution in [0.4, 0.5) is 13.2 Å². The first-order valence-electron chi connectivity index (χ1n) is 3.97. The van der Waals surface area contributed by atoms with Crippen molar-refractivity contribution in [3.63, 3.8) is 0 Å². The predicted octanol–water partition coefficient (Wildman–Crippen LogP) is 2.72. The number of nitrogens with one attached hydrogen (secondary N) is 1. The molecule has 0 atom stereocenters. The van der Waals surface area contributed by atoms with Gasteiger partial charge in [-0.2, -0.15) is 13.2 Å². The lowest BCUT2D eigenvalue weighted by Crippen LogP contribution is -2.46. The Bertz CT molecular complexity index is 138. The van der Waals surface area contributed by atoms with Crippen molar-refractivity contribution >= 4 is 0 Å². The Kier molecular flexibility index (Phi) is 3.57. The zero-order valence-corrected chi connectivity index (χ0v) is 7.92. The van der Waals surface area contributed by atoms with E-state index in [0.717, 1.165) is 0 Å². The molecule has 12 heavy (non-hydrogen) atoms. The van der Waals surface area contributed by atoms with Crippen molar-refractivity contribution in [2.45, 2.75) is 51.9 Å². The maximum Gasteiger partial charge on any atom is 0.390 e. The SMILES string of the molecule is CC(C)NC(C)(C)CC(F)(F)F. The fraction of sp³-hybridized carbons (Fsp3) is 1.00. The minimum absolute atomic E-state index is 0.0716. The van der Waals surface area contributed by atoms with E-state index < -0.39 is 18.1 Å². The Labute approximate surface area is 71.3 Å². The second-order valence-corrected chi connectivity index (χ2v) is 3.97. The smallest absolute Gasteiger partial charge is 0.309 e. The molecular weight excluding hydrogens is 167 g/mol. The van der Waals surface area contributed by atoms with Crippen molar-refractivity contribution < 1.29 is 13.2 Å². The van der Waals surface area contributed by atoms with Crippen LogP contribution in [0.15, 0.2) is 0 Å². The third-order valence-electron chi connectivity index (χ3n) is 1.32. The van der Waals surface area contributed by atoms with E-state index >= 15 is 0 Å². The summed E-state index contributed by atoms with van der Waals surface area (Å²) in [6.45, 7) is 6.78. The molecule has 0 bridgehead atoms.